The molecule has 2 heterocycles. The number of carbonyl (C=O) groups is 2. The Hall–Kier alpha value is -2.92. The summed E-state index contributed by atoms with van der Waals surface area (Å²) < 4.78 is 0. The average Bonchev–Trinajstić information content (AvgIpc) is 3.04. The summed E-state index contributed by atoms with van der Waals surface area (Å²) in [6.45, 7) is 6.24. The van der Waals surface area contributed by atoms with Gasteiger partial charge < -0.3 is 9.80 Å². The molecule has 0 unspecified atom stereocenters. The molecule has 5 nitrogen and oxygen atoms in total. The number of hydrogen-bond acceptors (Lipinski definition) is 4. The second kappa shape index (κ2) is 8.67. The van der Waals surface area contributed by atoms with Gasteiger partial charge in [0, 0.05) is 13.1 Å². The van der Waals surface area contributed by atoms with Gasteiger partial charge >= 0.3 is 0 Å². The third-order valence-corrected chi connectivity index (χ3v) is 6.53. The first-order valence-electron chi connectivity index (χ1n) is 11.1. The van der Waals surface area contributed by atoms with Crippen LogP contribution in [0, 0.1) is 0 Å². The first-order chi connectivity index (χ1) is 14.9. The van der Waals surface area contributed by atoms with E-state index in [1.807, 2.05) is 61.6 Å². The van der Waals surface area contributed by atoms with E-state index in [1.165, 1.54) is 10.5 Å². The number of rotatable bonds is 5. The van der Waals surface area contributed by atoms with Crippen molar-refractivity contribution in [1.29, 1.82) is 0 Å². The fraction of sp³-hybridized carbons (Fsp3) is 0.385. The minimum atomic E-state index is -0.247. The maximum Gasteiger partial charge on any atom is 0.282 e. The fourth-order valence-corrected chi connectivity index (χ4v) is 4.52. The van der Waals surface area contributed by atoms with Crippen LogP contribution in [0.1, 0.15) is 43.7 Å². The molecule has 5 heteroatoms. The van der Waals surface area contributed by atoms with Crippen molar-refractivity contribution in [2.75, 3.05) is 32.1 Å². The Morgan fingerprint density at radius 3 is 2.10 bits per heavy atom. The van der Waals surface area contributed by atoms with Gasteiger partial charge in [0.15, 0.2) is 0 Å². The maximum atomic E-state index is 13.7. The number of hydrogen-bond donors (Lipinski definition) is 0. The highest BCUT2D eigenvalue weighted by Crippen LogP contribution is 2.36. The topological polar surface area (TPSA) is 43.9 Å². The third-order valence-electron chi connectivity index (χ3n) is 6.53. The van der Waals surface area contributed by atoms with Gasteiger partial charge in [-0.15, -0.1) is 0 Å². The first kappa shape index (κ1) is 21.3. The minimum Gasteiger partial charge on any atom is -0.366 e. The first-order valence-corrected chi connectivity index (χ1v) is 11.1. The molecule has 31 heavy (non-hydrogen) atoms. The van der Waals surface area contributed by atoms with Crippen LogP contribution in [0.25, 0.3) is 5.57 Å². The largest absolute Gasteiger partial charge is 0.366 e. The zero-order valence-electron chi connectivity index (χ0n) is 18.8. The number of amides is 2. The van der Waals surface area contributed by atoms with Gasteiger partial charge in [0.1, 0.15) is 5.70 Å². The smallest absolute Gasteiger partial charge is 0.282 e. The Balaban J connectivity index is 1.74. The van der Waals surface area contributed by atoms with Crippen LogP contribution in [0.2, 0.25) is 0 Å². The van der Waals surface area contributed by atoms with Crippen LogP contribution >= 0.6 is 0 Å². The Morgan fingerprint density at radius 1 is 0.903 bits per heavy atom. The molecule has 0 bridgehead atoms. The highest BCUT2D eigenvalue weighted by atomic mass is 16.2. The van der Waals surface area contributed by atoms with Gasteiger partial charge in [0.05, 0.1) is 11.3 Å². The molecule has 2 aliphatic heterocycles. The van der Waals surface area contributed by atoms with Crippen molar-refractivity contribution < 1.29 is 9.59 Å². The van der Waals surface area contributed by atoms with Crippen molar-refractivity contribution in [3.63, 3.8) is 0 Å². The normalized spacial score (nSPS) is 18.4. The van der Waals surface area contributed by atoms with Gasteiger partial charge in [0.25, 0.3) is 11.8 Å². The predicted octanol–water partition coefficient (Wildman–Crippen LogP) is 4.12. The van der Waals surface area contributed by atoms with E-state index < -0.39 is 0 Å². The Morgan fingerprint density at radius 2 is 1.52 bits per heavy atom. The van der Waals surface area contributed by atoms with Crippen LogP contribution < -0.4 is 4.90 Å². The molecule has 2 amide bonds. The molecule has 0 aromatic heterocycles. The van der Waals surface area contributed by atoms with Crippen LogP contribution in [0.4, 0.5) is 5.69 Å². The van der Waals surface area contributed by atoms with E-state index in [-0.39, 0.29) is 17.9 Å². The van der Waals surface area contributed by atoms with Crippen molar-refractivity contribution in [2.45, 2.75) is 38.6 Å². The Bertz CT molecular complexity index is 987. The van der Waals surface area contributed by atoms with E-state index >= 15 is 0 Å². The van der Waals surface area contributed by atoms with Crippen LogP contribution in [-0.4, -0.2) is 54.8 Å². The molecule has 1 saturated heterocycles. The molecule has 162 valence electrons. The van der Waals surface area contributed by atoms with Crippen LogP contribution in [-0.2, 0) is 9.59 Å². The number of nitrogens with zero attached hydrogens (tertiary/aromatic N) is 3. The predicted molar refractivity (Wildman–Crippen MR) is 125 cm³/mol. The van der Waals surface area contributed by atoms with E-state index in [9.17, 15) is 9.59 Å². The summed E-state index contributed by atoms with van der Waals surface area (Å²) in [6.07, 6.45) is 1.95. The number of likely N-dealkylation sites (N-methyl/N-ethyl adjacent to an activating group) is 1. The summed E-state index contributed by atoms with van der Waals surface area (Å²) in [4.78, 5) is 33.0. The molecule has 0 atom stereocenters. The molecule has 0 radical (unpaired) electrons. The summed E-state index contributed by atoms with van der Waals surface area (Å²) in [5.41, 5.74) is 3.61. The van der Waals surface area contributed by atoms with Crippen molar-refractivity contribution in [1.82, 2.24) is 9.80 Å². The quantitative estimate of drug-likeness (QED) is 0.687. The summed E-state index contributed by atoms with van der Waals surface area (Å²) in [6, 6.07) is 17.6. The summed E-state index contributed by atoms with van der Waals surface area (Å²) >= 11 is 0. The molecule has 0 N–H and O–H groups in total. The molecular formula is C26H31N3O2. The molecular weight excluding hydrogens is 386 g/mol. The molecule has 0 spiro atoms. The monoisotopic (exact) mass is 417 g/mol. The van der Waals surface area contributed by atoms with Gasteiger partial charge in [-0.1, -0.05) is 56.3 Å². The molecule has 2 aliphatic rings. The number of piperidine rings is 1. The van der Waals surface area contributed by atoms with Crippen LogP contribution in [0.5, 0.6) is 0 Å². The van der Waals surface area contributed by atoms with Crippen LogP contribution in [0.3, 0.4) is 0 Å². The highest BCUT2D eigenvalue weighted by molar-refractivity contribution is 6.45. The molecule has 2 aromatic carbocycles. The van der Waals surface area contributed by atoms with Gasteiger partial charge in [0.2, 0.25) is 0 Å². The lowest BCUT2D eigenvalue weighted by atomic mass is 10.0. The second-order valence-electron chi connectivity index (χ2n) is 8.93. The standard InChI is InChI=1S/C26H31N3O2/c1-18(2)19-10-12-22(13-11-19)29-25(30)23(20-8-6-5-7-9-20)24(26(29)31)28(4)21-14-16-27(3)17-15-21/h5-13,18,21H,14-17H2,1-4H3. The van der Waals surface area contributed by atoms with E-state index in [0.29, 0.717) is 22.9 Å². The molecule has 1 fully saturated rings. The van der Waals surface area contributed by atoms with E-state index in [0.717, 1.165) is 31.5 Å². The highest BCUT2D eigenvalue weighted by Gasteiger charge is 2.43. The second-order valence-corrected chi connectivity index (χ2v) is 8.93. The van der Waals surface area contributed by atoms with Gasteiger partial charge in [-0.25, -0.2) is 4.90 Å². The van der Waals surface area contributed by atoms with Gasteiger partial charge in [-0.05, 0) is 62.2 Å². The molecule has 0 aliphatic carbocycles. The maximum absolute atomic E-state index is 13.7. The van der Waals surface area contributed by atoms with Crippen molar-refractivity contribution >= 4 is 23.1 Å². The number of anilines is 1. The van der Waals surface area contributed by atoms with Gasteiger partial charge in [-0.3, -0.25) is 9.59 Å². The van der Waals surface area contributed by atoms with Crippen LogP contribution in [0.15, 0.2) is 60.3 Å². The fourth-order valence-electron chi connectivity index (χ4n) is 4.52. The molecule has 4 rings (SSSR count). The number of carbonyl (C=O) groups excluding carboxylic acids is 2. The molecule has 2 aromatic rings. The lowest BCUT2D eigenvalue weighted by molar-refractivity contribution is -0.120. The SMILES string of the molecule is CC(C)c1ccc(N2C(=O)C(c3ccccc3)=C(N(C)C3CCN(C)CC3)C2=O)cc1. The number of likely N-dealkylation sites (tertiary alicyclic amines) is 1. The number of benzene rings is 2. The lowest BCUT2D eigenvalue weighted by Gasteiger charge is -2.36. The van der Waals surface area contributed by atoms with E-state index in [2.05, 4.69) is 30.7 Å². The molecule has 0 saturated carbocycles. The van der Waals surface area contributed by atoms with Crippen molar-refractivity contribution in [2.24, 2.45) is 0 Å². The van der Waals surface area contributed by atoms with E-state index in [4.69, 9.17) is 0 Å². The Labute approximate surface area is 184 Å². The summed E-state index contributed by atoms with van der Waals surface area (Å²) in [5.74, 6) is -0.0889. The third kappa shape index (κ3) is 4.02. The van der Waals surface area contributed by atoms with Gasteiger partial charge in [-0.2, -0.15) is 0 Å². The number of imide groups is 1. The zero-order valence-corrected chi connectivity index (χ0v) is 18.8. The average molecular weight is 418 g/mol. The summed E-state index contributed by atoms with van der Waals surface area (Å²) in [7, 11) is 4.09. The zero-order chi connectivity index (χ0) is 22.1. The minimum absolute atomic E-state index is 0.234. The Kier molecular flexibility index (Phi) is 5.96. The van der Waals surface area contributed by atoms with E-state index in [1.54, 1.807) is 0 Å². The lowest BCUT2D eigenvalue weighted by Crippen LogP contribution is -2.43. The van der Waals surface area contributed by atoms with Crippen molar-refractivity contribution in [3.8, 4) is 0 Å². The van der Waals surface area contributed by atoms with Crippen molar-refractivity contribution in [3.05, 3.63) is 71.4 Å². The summed E-state index contributed by atoms with van der Waals surface area (Å²) in [5, 5.41) is 0.